The molecular weight excluding hydrogens is 204 g/mol. The van der Waals surface area contributed by atoms with E-state index in [4.69, 9.17) is 0 Å². The monoisotopic (exact) mass is 230 g/mol. The van der Waals surface area contributed by atoms with Crippen LogP contribution in [0.4, 0.5) is 0 Å². The summed E-state index contributed by atoms with van der Waals surface area (Å²) >= 11 is 0. The van der Waals surface area contributed by atoms with E-state index in [1.165, 1.54) is 0 Å². The second kappa shape index (κ2) is 6.86. The second-order valence-corrected chi connectivity index (χ2v) is 5.14. The van der Waals surface area contributed by atoms with Crippen molar-refractivity contribution in [3.8, 4) is 0 Å². The van der Waals surface area contributed by atoms with E-state index in [0.717, 1.165) is 12.8 Å². The Morgan fingerprint density at radius 3 is 2.50 bits per heavy atom. The third kappa shape index (κ3) is 6.80. The summed E-state index contributed by atoms with van der Waals surface area (Å²) in [5, 5.41) is 12.8. The van der Waals surface area contributed by atoms with Crippen LogP contribution in [0.15, 0.2) is 0 Å². The first kappa shape index (κ1) is 15.4. The van der Waals surface area contributed by atoms with E-state index in [1.54, 1.807) is 6.92 Å². The average molecular weight is 230 g/mol. The summed E-state index contributed by atoms with van der Waals surface area (Å²) in [5.41, 5.74) is -0.870. The molecule has 1 amide bonds. The number of hydrogen-bond acceptors (Lipinski definition) is 3. The van der Waals surface area contributed by atoms with Crippen LogP contribution >= 0.6 is 0 Å². The normalized spacial score (nSPS) is 16.9. The van der Waals surface area contributed by atoms with Crippen molar-refractivity contribution in [3.63, 3.8) is 0 Å². The van der Waals surface area contributed by atoms with Crippen molar-refractivity contribution < 1.29 is 9.90 Å². The predicted molar refractivity (Wildman–Crippen MR) is 66.3 cm³/mol. The number of aliphatic hydroxyl groups is 1. The SMILES string of the molecule is CCCC(C)C(=O)NCC(C)(O)CN(C)C. The molecule has 0 aromatic heterocycles. The van der Waals surface area contributed by atoms with E-state index >= 15 is 0 Å². The van der Waals surface area contributed by atoms with Gasteiger partial charge in [-0.25, -0.2) is 0 Å². The van der Waals surface area contributed by atoms with Crippen LogP contribution in [0, 0.1) is 5.92 Å². The molecule has 0 radical (unpaired) electrons. The highest BCUT2D eigenvalue weighted by atomic mass is 16.3. The summed E-state index contributed by atoms with van der Waals surface area (Å²) in [4.78, 5) is 13.5. The van der Waals surface area contributed by atoms with Crippen molar-refractivity contribution in [2.75, 3.05) is 27.2 Å². The Kier molecular flexibility index (Phi) is 6.60. The van der Waals surface area contributed by atoms with Crippen LogP contribution in [-0.4, -0.2) is 48.7 Å². The van der Waals surface area contributed by atoms with Crippen molar-refractivity contribution in [3.05, 3.63) is 0 Å². The molecule has 0 aromatic carbocycles. The van der Waals surface area contributed by atoms with Gasteiger partial charge in [0.15, 0.2) is 0 Å². The zero-order valence-corrected chi connectivity index (χ0v) is 11.2. The van der Waals surface area contributed by atoms with Crippen LogP contribution < -0.4 is 5.32 Å². The number of nitrogens with one attached hydrogen (secondary N) is 1. The van der Waals surface area contributed by atoms with Gasteiger partial charge in [0, 0.05) is 19.0 Å². The van der Waals surface area contributed by atoms with E-state index < -0.39 is 5.60 Å². The van der Waals surface area contributed by atoms with E-state index in [-0.39, 0.29) is 11.8 Å². The van der Waals surface area contributed by atoms with Gasteiger partial charge in [-0.1, -0.05) is 20.3 Å². The number of amides is 1. The fourth-order valence-corrected chi connectivity index (χ4v) is 1.75. The third-order valence-corrected chi connectivity index (χ3v) is 2.47. The maximum absolute atomic E-state index is 11.6. The van der Waals surface area contributed by atoms with Gasteiger partial charge in [-0.05, 0) is 27.4 Å². The molecule has 0 aliphatic rings. The highest BCUT2D eigenvalue weighted by Gasteiger charge is 2.23. The van der Waals surface area contributed by atoms with Crippen molar-refractivity contribution in [2.24, 2.45) is 5.92 Å². The Morgan fingerprint density at radius 1 is 1.50 bits per heavy atom. The molecule has 0 saturated carbocycles. The predicted octanol–water partition coefficient (Wildman–Crippen LogP) is 0.851. The molecule has 4 nitrogen and oxygen atoms in total. The molecule has 16 heavy (non-hydrogen) atoms. The lowest BCUT2D eigenvalue weighted by atomic mass is 10.0. The van der Waals surface area contributed by atoms with Crippen molar-refractivity contribution >= 4 is 5.91 Å². The fraction of sp³-hybridized carbons (Fsp3) is 0.917. The van der Waals surface area contributed by atoms with Gasteiger partial charge in [0.25, 0.3) is 0 Å². The molecule has 96 valence electrons. The average Bonchev–Trinajstić information content (AvgIpc) is 2.12. The molecule has 0 heterocycles. The lowest BCUT2D eigenvalue weighted by Gasteiger charge is -2.27. The molecule has 0 saturated heterocycles. The van der Waals surface area contributed by atoms with Gasteiger partial charge < -0.3 is 15.3 Å². The Labute approximate surface area is 99.0 Å². The molecule has 0 fully saturated rings. The molecule has 0 aliphatic heterocycles. The van der Waals surface area contributed by atoms with Gasteiger partial charge in [-0.15, -0.1) is 0 Å². The summed E-state index contributed by atoms with van der Waals surface area (Å²) in [7, 11) is 3.80. The fourth-order valence-electron chi connectivity index (χ4n) is 1.75. The zero-order chi connectivity index (χ0) is 12.8. The first-order valence-corrected chi connectivity index (χ1v) is 5.93. The first-order valence-electron chi connectivity index (χ1n) is 5.93. The molecule has 0 bridgehead atoms. The molecule has 0 spiro atoms. The highest BCUT2D eigenvalue weighted by Crippen LogP contribution is 2.07. The molecule has 2 unspecified atom stereocenters. The van der Waals surface area contributed by atoms with Gasteiger partial charge in [-0.2, -0.15) is 0 Å². The van der Waals surface area contributed by atoms with Crippen LogP contribution in [0.1, 0.15) is 33.6 Å². The first-order chi connectivity index (χ1) is 7.28. The maximum atomic E-state index is 11.6. The smallest absolute Gasteiger partial charge is 0.222 e. The Bertz CT molecular complexity index is 215. The molecule has 0 aliphatic carbocycles. The number of carbonyl (C=O) groups is 1. The summed E-state index contributed by atoms with van der Waals surface area (Å²) in [5.74, 6) is 0.0565. The molecule has 0 aromatic rings. The van der Waals surface area contributed by atoms with Crippen molar-refractivity contribution in [1.82, 2.24) is 10.2 Å². The number of carbonyl (C=O) groups excluding carboxylic acids is 1. The zero-order valence-electron chi connectivity index (χ0n) is 11.2. The maximum Gasteiger partial charge on any atom is 0.222 e. The van der Waals surface area contributed by atoms with E-state index in [1.807, 2.05) is 25.9 Å². The molecule has 4 heteroatoms. The largest absolute Gasteiger partial charge is 0.387 e. The van der Waals surface area contributed by atoms with Gasteiger partial charge >= 0.3 is 0 Å². The van der Waals surface area contributed by atoms with Crippen LogP contribution in [0.2, 0.25) is 0 Å². The van der Waals surface area contributed by atoms with Crippen LogP contribution in [0.5, 0.6) is 0 Å². The lowest BCUT2D eigenvalue weighted by Crippen LogP contribution is -2.48. The third-order valence-electron chi connectivity index (χ3n) is 2.47. The molecule has 2 N–H and O–H groups in total. The molecular formula is C12H26N2O2. The van der Waals surface area contributed by atoms with Gasteiger partial charge in [0.05, 0.1) is 5.60 Å². The number of nitrogens with zero attached hydrogens (tertiary/aromatic N) is 1. The van der Waals surface area contributed by atoms with Crippen molar-refractivity contribution in [1.29, 1.82) is 0 Å². The summed E-state index contributed by atoms with van der Waals surface area (Å²) in [6.07, 6.45) is 1.89. The second-order valence-electron chi connectivity index (χ2n) is 5.14. The van der Waals surface area contributed by atoms with Crippen LogP contribution in [0.25, 0.3) is 0 Å². The number of likely N-dealkylation sites (N-methyl/N-ethyl adjacent to an activating group) is 1. The number of rotatable bonds is 7. The Balaban J connectivity index is 3.99. The molecule has 2 atom stereocenters. The topological polar surface area (TPSA) is 52.6 Å². The Morgan fingerprint density at radius 2 is 2.06 bits per heavy atom. The van der Waals surface area contributed by atoms with Crippen LogP contribution in [0.3, 0.4) is 0 Å². The molecule has 0 rings (SSSR count). The van der Waals surface area contributed by atoms with E-state index in [0.29, 0.717) is 13.1 Å². The van der Waals surface area contributed by atoms with Crippen LogP contribution in [-0.2, 0) is 4.79 Å². The minimum atomic E-state index is -0.870. The minimum absolute atomic E-state index is 0.0279. The van der Waals surface area contributed by atoms with E-state index in [2.05, 4.69) is 12.2 Å². The standard InChI is InChI=1S/C12H26N2O2/c1-6-7-10(2)11(15)13-8-12(3,16)9-14(4)5/h10,16H,6-9H2,1-5H3,(H,13,15). The van der Waals surface area contributed by atoms with Gasteiger partial charge in [-0.3, -0.25) is 4.79 Å². The summed E-state index contributed by atoms with van der Waals surface area (Å²) < 4.78 is 0. The highest BCUT2D eigenvalue weighted by molar-refractivity contribution is 5.78. The quantitative estimate of drug-likeness (QED) is 0.682. The van der Waals surface area contributed by atoms with E-state index in [9.17, 15) is 9.90 Å². The summed E-state index contributed by atoms with van der Waals surface area (Å²) in [6.45, 7) is 6.55. The number of hydrogen-bond donors (Lipinski definition) is 2. The van der Waals surface area contributed by atoms with Crippen molar-refractivity contribution in [2.45, 2.75) is 39.2 Å². The Hall–Kier alpha value is -0.610. The van der Waals surface area contributed by atoms with Gasteiger partial charge in [0.1, 0.15) is 0 Å². The lowest BCUT2D eigenvalue weighted by molar-refractivity contribution is -0.126. The van der Waals surface area contributed by atoms with Gasteiger partial charge in [0.2, 0.25) is 5.91 Å². The minimum Gasteiger partial charge on any atom is -0.387 e. The summed E-state index contributed by atoms with van der Waals surface area (Å²) in [6, 6.07) is 0.